The number of likely N-dealkylation sites (N-methyl/N-ethyl adjacent to an activating group) is 1. The van der Waals surface area contributed by atoms with Crippen LogP contribution >= 0.6 is 0 Å². The number of rotatable bonds is 5. The van der Waals surface area contributed by atoms with Gasteiger partial charge in [0.15, 0.2) is 0 Å². The van der Waals surface area contributed by atoms with Crippen LogP contribution in [0.25, 0.3) is 11.1 Å². The summed E-state index contributed by atoms with van der Waals surface area (Å²) in [5.74, 6) is 0.813. The Bertz CT molecular complexity index is 730. The number of nitrogens with one attached hydrogen (secondary N) is 2. The van der Waals surface area contributed by atoms with Crippen molar-refractivity contribution in [3.8, 4) is 16.9 Å². The van der Waals surface area contributed by atoms with E-state index in [1.807, 2.05) is 48.5 Å². The molecule has 2 aromatic carbocycles. The van der Waals surface area contributed by atoms with Gasteiger partial charge in [-0.15, -0.1) is 0 Å². The summed E-state index contributed by atoms with van der Waals surface area (Å²) in [6.45, 7) is 1.78. The highest BCUT2D eigenvalue weighted by Gasteiger charge is 2.19. The zero-order valence-corrected chi connectivity index (χ0v) is 15.5. The maximum Gasteiger partial charge on any atom is 0.319 e. The molecule has 2 aromatic rings. The highest BCUT2D eigenvalue weighted by Crippen LogP contribution is 2.29. The van der Waals surface area contributed by atoms with Crippen molar-refractivity contribution in [2.24, 2.45) is 0 Å². The van der Waals surface area contributed by atoms with Gasteiger partial charge >= 0.3 is 6.03 Å². The summed E-state index contributed by atoms with van der Waals surface area (Å²) in [5.41, 5.74) is 2.82. The molecule has 0 bridgehead atoms. The minimum absolute atomic E-state index is 0.162. The maximum absolute atomic E-state index is 12.4. The van der Waals surface area contributed by atoms with Gasteiger partial charge in [0.25, 0.3) is 0 Å². The molecule has 0 aromatic heterocycles. The number of para-hydroxylation sites is 1. The van der Waals surface area contributed by atoms with E-state index in [4.69, 9.17) is 4.74 Å². The average molecular weight is 353 g/mol. The zero-order chi connectivity index (χ0) is 18.4. The Morgan fingerprint density at radius 2 is 1.92 bits per heavy atom. The number of nitrogens with zero attached hydrogens (tertiary/aromatic N) is 1. The molecule has 2 N–H and O–H groups in total. The van der Waals surface area contributed by atoms with Gasteiger partial charge in [-0.05, 0) is 50.2 Å². The van der Waals surface area contributed by atoms with Crippen LogP contribution < -0.4 is 15.4 Å². The second-order valence-electron chi connectivity index (χ2n) is 6.74. The number of carbonyl (C=O) groups excluding carboxylic acids is 1. The monoisotopic (exact) mass is 353 g/mol. The van der Waals surface area contributed by atoms with E-state index in [1.165, 1.54) is 12.8 Å². The number of amides is 2. The summed E-state index contributed by atoms with van der Waals surface area (Å²) in [6.07, 6.45) is 3.62. The molecular formula is C21H27N3O2. The van der Waals surface area contributed by atoms with Gasteiger partial charge in [0.2, 0.25) is 0 Å². The SMILES string of the molecule is COc1ccc(-c2ccccc2NC(=O)NC[C@@H]2CCCCN2C)cc1. The lowest BCUT2D eigenvalue weighted by Crippen LogP contribution is -2.45. The molecule has 1 fully saturated rings. The molecule has 5 nitrogen and oxygen atoms in total. The Labute approximate surface area is 155 Å². The van der Waals surface area contributed by atoms with Gasteiger partial charge in [-0.1, -0.05) is 36.8 Å². The fourth-order valence-electron chi connectivity index (χ4n) is 3.39. The van der Waals surface area contributed by atoms with Gasteiger partial charge in [-0.3, -0.25) is 0 Å². The van der Waals surface area contributed by atoms with Crippen molar-refractivity contribution in [3.05, 3.63) is 48.5 Å². The molecular weight excluding hydrogens is 326 g/mol. The fraction of sp³-hybridized carbons (Fsp3) is 0.381. The Hall–Kier alpha value is -2.53. The molecule has 26 heavy (non-hydrogen) atoms. The first-order valence-electron chi connectivity index (χ1n) is 9.16. The number of likely N-dealkylation sites (tertiary alicyclic amines) is 1. The Morgan fingerprint density at radius 1 is 1.15 bits per heavy atom. The van der Waals surface area contributed by atoms with E-state index in [0.717, 1.165) is 35.5 Å². The molecule has 2 amide bonds. The van der Waals surface area contributed by atoms with Crippen molar-refractivity contribution in [2.45, 2.75) is 25.3 Å². The van der Waals surface area contributed by atoms with E-state index >= 15 is 0 Å². The summed E-state index contributed by atoms with van der Waals surface area (Å²) in [5, 5.41) is 6.01. The lowest BCUT2D eigenvalue weighted by Gasteiger charge is -2.32. The minimum Gasteiger partial charge on any atom is -0.497 e. The third-order valence-corrected chi connectivity index (χ3v) is 5.00. The molecule has 0 aliphatic carbocycles. The van der Waals surface area contributed by atoms with Crippen LogP contribution in [0.3, 0.4) is 0 Å². The number of methoxy groups -OCH3 is 1. The van der Waals surface area contributed by atoms with Crippen molar-refractivity contribution in [2.75, 3.05) is 32.6 Å². The number of benzene rings is 2. The summed E-state index contributed by atoms with van der Waals surface area (Å²) >= 11 is 0. The molecule has 1 saturated heterocycles. The predicted octanol–water partition coefficient (Wildman–Crippen LogP) is 3.97. The van der Waals surface area contributed by atoms with E-state index in [9.17, 15) is 4.79 Å². The Balaban J connectivity index is 1.64. The molecule has 1 aliphatic heterocycles. The molecule has 0 radical (unpaired) electrons. The van der Waals surface area contributed by atoms with E-state index in [1.54, 1.807) is 7.11 Å². The summed E-state index contributed by atoms with van der Waals surface area (Å²) < 4.78 is 5.21. The minimum atomic E-state index is -0.162. The van der Waals surface area contributed by atoms with Gasteiger partial charge in [-0.2, -0.15) is 0 Å². The molecule has 1 heterocycles. The summed E-state index contributed by atoms with van der Waals surface area (Å²) in [7, 11) is 3.78. The van der Waals surface area contributed by atoms with Gasteiger partial charge in [0, 0.05) is 18.2 Å². The number of carbonyl (C=O) groups is 1. The lowest BCUT2D eigenvalue weighted by atomic mass is 10.0. The van der Waals surface area contributed by atoms with E-state index in [0.29, 0.717) is 12.6 Å². The molecule has 138 valence electrons. The molecule has 1 aliphatic rings. The van der Waals surface area contributed by atoms with Gasteiger partial charge < -0.3 is 20.3 Å². The van der Waals surface area contributed by atoms with Crippen LogP contribution in [0, 0.1) is 0 Å². The van der Waals surface area contributed by atoms with Crippen LogP contribution in [-0.2, 0) is 0 Å². The molecule has 0 spiro atoms. The summed E-state index contributed by atoms with van der Waals surface area (Å²) in [6, 6.07) is 15.9. The number of hydrogen-bond donors (Lipinski definition) is 2. The third-order valence-electron chi connectivity index (χ3n) is 5.00. The molecule has 3 rings (SSSR count). The standard InChI is InChI=1S/C21H27N3O2/c1-24-14-6-5-7-17(24)15-22-21(25)23-20-9-4-3-8-19(20)16-10-12-18(26-2)13-11-16/h3-4,8-13,17H,5-7,14-15H2,1-2H3,(H2,22,23,25)/t17-/m0/s1. The number of piperidine rings is 1. The van der Waals surface area contributed by atoms with Gasteiger partial charge in [0.1, 0.15) is 5.75 Å². The number of ether oxygens (including phenoxy) is 1. The van der Waals surface area contributed by atoms with Crippen LogP contribution in [0.5, 0.6) is 5.75 Å². The topological polar surface area (TPSA) is 53.6 Å². The Kier molecular flexibility index (Phi) is 6.12. The third kappa shape index (κ3) is 4.55. The fourth-order valence-corrected chi connectivity index (χ4v) is 3.39. The van der Waals surface area contributed by atoms with E-state index < -0.39 is 0 Å². The first-order chi connectivity index (χ1) is 12.7. The van der Waals surface area contributed by atoms with Gasteiger partial charge in [0.05, 0.1) is 12.8 Å². The van der Waals surface area contributed by atoms with Crippen LogP contribution in [-0.4, -0.2) is 44.2 Å². The molecule has 5 heteroatoms. The van der Waals surface area contributed by atoms with E-state index in [-0.39, 0.29) is 6.03 Å². The van der Waals surface area contributed by atoms with Crippen LogP contribution in [0.4, 0.5) is 10.5 Å². The lowest BCUT2D eigenvalue weighted by molar-refractivity contribution is 0.182. The number of anilines is 1. The maximum atomic E-state index is 12.4. The molecule has 1 atom stereocenters. The van der Waals surface area contributed by atoms with Crippen molar-refractivity contribution in [3.63, 3.8) is 0 Å². The highest BCUT2D eigenvalue weighted by molar-refractivity contribution is 5.94. The van der Waals surface area contributed by atoms with Crippen LogP contribution in [0.1, 0.15) is 19.3 Å². The molecule has 0 saturated carbocycles. The van der Waals surface area contributed by atoms with Crippen LogP contribution in [0.2, 0.25) is 0 Å². The van der Waals surface area contributed by atoms with Crippen molar-refractivity contribution in [1.82, 2.24) is 10.2 Å². The quantitative estimate of drug-likeness (QED) is 0.855. The van der Waals surface area contributed by atoms with Crippen molar-refractivity contribution in [1.29, 1.82) is 0 Å². The highest BCUT2D eigenvalue weighted by atomic mass is 16.5. The second kappa shape index (κ2) is 8.72. The smallest absolute Gasteiger partial charge is 0.319 e. The normalized spacial score (nSPS) is 17.5. The van der Waals surface area contributed by atoms with Crippen molar-refractivity contribution < 1.29 is 9.53 Å². The van der Waals surface area contributed by atoms with Crippen LogP contribution in [0.15, 0.2) is 48.5 Å². The number of hydrogen-bond acceptors (Lipinski definition) is 3. The largest absolute Gasteiger partial charge is 0.497 e. The first-order valence-corrected chi connectivity index (χ1v) is 9.16. The average Bonchev–Trinajstić information content (AvgIpc) is 2.68. The second-order valence-corrected chi connectivity index (χ2v) is 6.74. The van der Waals surface area contributed by atoms with E-state index in [2.05, 4.69) is 22.6 Å². The predicted molar refractivity (Wildman–Crippen MR) is 106 cm³/mol. The number of urea groups is 1. The van der Waals surface area contributed by atoms with Crippen molar-refractivity contribution >= 4 is 11.7 Å². The summed E-state index contributed by atoms with van der Waals surface area (Å²) in [4.78, 5) is 14.7. The Morgan fingerprint density at radius 3 is 2.65 bits per heavy atom. The molecule has 0 unspecified atom stereocenters. The first kappa shape index (κ1) is 18.3. The zero-order valence-electron chi connectivity index (χ0n) is 15.5. The van der Waals surface area contributed by atoms with Gasteiger partial charge in [-0.25, -0.2) is 4.79 Å².